The van der Waals surface area contributed by atoms with E-state index in [4.69, 9.17) is 11.6 Å². The van der Waals surface area contributed by atoms with Gasteiger partial charge in [-0.25, -0.2) is 0 Å². The molecular formula is C22H25ClN4OS. The molecule has 29 heavy (non-hydrogen) atoms. The first-order chi connectivity index (χ1) is 13.8. The molecule has 1 unspecified atom stereocenters. The highest BCUT2D eigenvalue weighted by atomic mass is 35.5. The lowest BCUT2D eigenvalue weighted by atomic mass is 10.1. The van der Waals surface area contributed by atoms with Crippen molar-refractivity contribution in [1.29, 1.82) is 0 Å². The summed E-state index contributed by atoms with van der Waals surface area (Å²) in [6, 6.07) is 13.9. The molecule has 5 nitrogen and oxygen atoms in total. The van der Waals surface area contributed by atoms with E-state index in [-0.39, 0.29) is 17.2 Å². The fourth-order valence-corrected chi connectivity index (χ4v) is 4.04. The van der Waals surface area contributed by atoms with E-state index in [1.807, 2.05) is 56.5 Å². The van der Waals surface area contributed by atoms with Gasteiger partial charge in [-0.3, -0.25) is 9.36 Å². The zero-order valence-corrected chi connectivity index (χ0v) is 18.8. The van der Waals surface area contributed by atoms with Crippen LogP contribution in [0.15, 0.2) is 47.6 Å². The molecule has 0 aliphatic carbocycles. The van der Waals surface area contributed by atoms with Gasteiger partial charge in [0.2, 0.25) is 5.91 Å². The quantitative estimate of drug-likeness (QED) is 0.547. The average Bonchev–Trinajstić information content (AvgIpc) is 3.06. The van der Waals surface area contributed by atoms with E-state index in [9.17, 15) is 4.79 Å². The van der Waals surface area contributed by atoms with Gasteiger partial charge < -0.3 is 5.32 Å². The Balaban J connectivity index is 2.12. The van der Waals surface area contributed by atoms with Gasteiger partial charge in [-0.2, -0.15) is 0 Å². The Kier molecular flexibility index (Phi) is 6.65. The molecule has 0 aliphatic heterocycles. The second-order valence-electron chi connectivity index (χ2n) is 7.33. The number of aromatic nitrogens is 3. The number of aryl methyl sites for hydroxylation is 2. The van der Waals surface area contributed by atoms with Crippen molar-refractivity contribution in [2.75, 3.05) is 0 Å². The molecule has 7 heteroatoms. The predicted molar refractivity (Wildman–Crippen MR) is 120 cm³/mol. The Morgan fingerprint density at radius 2 is 1.83 bits per heavy atom. The van der Waals surface area contributed by atoms with Crippen molar-refractivity contribution in [3.63, 3.8) is 0 Å². The summed E-state index contributed by atoms with van der Waals surface area (Å²) in [5.41, 5.74) is 3.99. The van der Waals surface area contributed by atoms with Gasteiger partial charge in [-0.1, -0.05) is 47.6 Å². The van der Waals surface area contributed by atoms with E-state index >= 15 is 0 Å². The number of benzene rings is 2. The molecule has 2 aromatic carbocycles. The lowest BCUT2D eigenvalue weighted by Crippen LogP contribution is -2.36. The molecule has 152 valence electrons. The minimum absolute atomic E-state index is 0.0280. The average molecular weight is 429 g/mol. The van der Waals surface area contributed by atoms with Crippen molar-refractivity contribution in [2.24, 2.45) is 0 Å². The lowest BCUT2D eigenvalue weighted by Gasteiger charge is -2.17. The summed E-state index contributed by atoms with van der Waals surface area (Å²) >= 11 is 7.85. The number of nitrogens with zero attached hydrogens (tertiary/aromatic N) is 3. The largest absolute Gasteiger partial charge is 0.353 e. The monoisotopic (exact) mass is 428 g/mol. The Bertz CT molecular complexity index is 1030. The second-order valence-corrected chi connectivity index (χ2v) is 9.05. The Hall–Kier alpha value is -2.31. The normalized spacial score (nSPS) is 12.2. The maximum Gasteiger partial charge on any atom is 0.233 e. The number of amides is 1. The van der Waals surface area contributed by atoms with E-state index in [2.05, 4.69) is 40.6 Å². The highest BCUT2D eigenvalue weighted by Crippen LogP contribution is 2.34. The number of carbonyl (C=O) groups is 1. The van der Waals surface area contributed by atoms with Gasteiger partial charge in [0.15, 0.2) is 11.0 Å². The summed E-state index contributed by atoms with van der Waals surface area (Å²) in [5, 5.41) is 12.8. The summed E-state index contributed by atoms with van der Waals surface area (Å²) < 4.78 is 1.99. The molecule has 1 atom stereocenters. The van der Waals surface area contributed by atoms with E-state index in [1.165, 1.54) is 11.8 Å². The number of thioether (sulfide) groups is 1. The van der Waals surface area contributed by atoms with Crippen LogP contribution < -0.4 is 5.32 Å². The van der Waals surface area contributed by atoms with Gasteiger partial charge in [0, 0.05) is 11.6 Å². The van der Waals surface area contributed by atoms with Crippen LogP contribution in [-0.4, -0.2) is 32.0 Å². The first-order valence-electron chi connectivity index (χ1n) is 9.53. The molecule has 1 heterocycles. The maximum absolute atomic E-state index is 12.4. The predicted octanol–water partition coefficient (Wildman–Crippen LogP) is 5.21. The van der Waals surface area contributed by atoms with Gasteiger partial charge in [0.25, 0.3) is 0 Å². The molecule has 1 amide bonds. The van der Waals surface area contributed by atoms with Gasteiger partial charge in [0.05, 0.1) is 16.0 Å². The number of rotatable bonds is 6. The van der Waals surface area contributed by atoms with Crippen LogP contribution in [-0.2, 0) is 4.79 Å². The minimum Gasteiger partial charge on any atom is -0.353 e. The van der Waals surface area contributed by atoms with Crippen molar-refractivity contribution in [3.8, 4) is 17.1 Å². The molecular weight excluding hydrogens is 404 g/mol. The molecule has 0 saturated heterocycles. The number of nitrogens with one attached hydrogen (secondary N) is 1. The smallest absolute Gasteiger partial charge is 0.233 e. The molecule has 3 aromatic rings. The van der Waals surface area contributed by atoms with Gasteiger partial charge in [-0.05, 0) is 63.9 Å². The molecule has 0 spiro atoms. The maximum atomic E-state index is 12.4. The van der Waals surface area contributed by atoms with Gasteiger partial charge >= 0.3 is 0 Å². The third-order valence-corrected chi connectivity index (χ3v) is 5.81. The van der Waals surface area contributed by atoms with Crippen LogP contribution in [0, 0.1) is 13.8 Å². The van der Waals surface area contributed by atoms with E-state index in [0.29, 0.717) is 16.0 Å². The van der Waals surface area contributed by atoms with Crippen LogP contribution in [0.3, 0.4) is 0 Å². The Morgan fingerprint density at radius 3 is 2.52 bits per heavy atom. The van der Waals surface area contributed by atoms with Gasteiger partial charge in [-0.15, -0.1) is 10.2 Å². The second kappa shape index (κ2) is 9.01. The third kappa shape index (κ3) is 4.82. The summed E-state index contributed by atoms with van der Waals surface area (Å²) in [6.45, 7) is 9.87. The zero-order chi connectivity index (χ0) is 21.1. The highest BCUT2D eigenvalue weighted by Gasteiger charge is 2.23. The van der Waals surface area contributed by atoms with Crippen LogP contribution in [0.2, 0.25) is 5.02 Å². The summed E-state index contributed by atoms with van der Waals surface area (Å²) in [7, 11) is 0. The van der Waals surface area contributed by atoms with Crippen molar-refractivity contribution in [1.82, 2.24) is 20.1 Å². The number of carbonyl (C=O) groups excluding carboxylic acids is 1. The molecule has 0 fully saturated rings. The van der Waals surface area contributed by atoms with Crippen LogP contribution in [0.4, 0.5) is 0 Å². The zero-order valence-electron chi connectivity index (χ0n) is 17.2. The van der Waals surface area contributed by atoms with Crippen LogP contribution in [0.5, 0.6) is 0 Å². The first-order valence-corrected chi connectivity index (χ1v) is 10.8. The number of halogens is 1. The molecule has 0 radical (unpaired) electrons. The van der Waals surface area contributed by atoms with Crippen molar-refractivity contribution in [2.45, 2.75) is 51.1 Å². The minimum atomic E-state index is -0.315. The highest BCUT2D eigenvalue weighted by molar-refractivity contribution is 8.00. The lowest BCUT2D eigenvalue weighted by molar-refractivity contribution is -0.120. The van der Waals surface area contributed by atoms with Crippen LogP contribution in [0.1, 0.15) is 31.9 Å². The summed E-state index contributed by atoms with van der Waals surface area (Å²) in [5.74, 6) is 0.628. The Morgan fingerprint density at radius 1 is 1.10 bits per heavy atom. The fraction of sp³-hybridized carbons (Fsp3) is 0.318. The fourth-order valence-electron chi connectivity index (χ4n) is 2.95. The topological polar surface area (TPSA) is 59.8 Å². The SMILES string of the molecule is Cc1ccc(C)c(-n2c(SC(C)C(=O)NC(C)C)nnc2-c2ccccc2Cl)c1. The number of hydrogen-bond acceptors (Lipinski definition) is 4. The van der Waals surface area contributed by atoms with E-state index in [0.717, 1.165) is 22.4 Å². The first kappa shape index (κ1) is 21.4. The molecule has 0 bridgehead atoms. The molecule has 1 N–H and O–H groups in total. The standard InChI is InChI=1S/C22H25ClN4OS/c1-13(2)24-21(28)16(5)29-22-26-25-20(17-8-6-7-9-18(17)23)27(22)19-12-14(3)10-11-15(19)4/h6-13,16H,1-5H3,(H,24,28). The van der Waals surface area contributed by atoms with Crippen molar-refractivity contribution in [3.05, 3.63) is 58.6 Å². The van der Waals surface area contributed by atoms with Crippen molar-refractivity contribution < 1.29 is 4.79 Å². The number of hydrogen-bond donors (Lipinski definition) is 1. The van der Waals surface area contributed by atoms with Crippen LogP contribution in [0.25, 0.3) is 17.1 Å². The summed E-state index contributed by atoms with van der Waals surface area (Å²) in [6.07, 6.45) is 0. The third-order valence-electron chi connectivity index (χ3n) is 4.44. The molecule has 3 rings (SSSR count). The van der Waals surface area contributed by atoms with Gasteiger partial charge in [0.1, 0.15) is 0 Å². The van der Waals surface area contributed by atoms with E-state index < -0.39 is 0 Å². The summed E-state index contributed by atoms with van der Waals surface area (Å²) in [4.78, 5) is 12.4. The van der Waals surface area contributed by atoms with Crippen LogP contribution >= 0.6 is 23.4 Å². The van der Waals surface area contributed by atoms with Crippen molar-refractivity contribution >= 4 is 29.3 Å². The molecule has 0 saturated carbocycles. The molecule has 0 aliphatic rings. The molecule has 1 aromatic heterocycles. The van der Waals surface area contributed by atoms with E-state index in [1.54, 1.807) is 0 Å². The Labute approximate surface area is 180 Å².